The van der Waals surface area contributed by atoms with E-state index < -0.39 is 22.1 Å². The lowest BCUT2D eigenvalue weighted by atomic mass is 10.0. The summed E-state index contributed by atoms with van der Waals surface area (Å²) in [5, 5.41) is 8.50. The molecule has 0 spiro atoms. The second-order valence-electron chi connectivity index (χ2n) is 4.85. The molecule has 0 saturated carbocycles. The summed E-state index contributed by atoms with van der Waals surface area (Å²) < 4.78 is 32.6. The molecular weight excluding hydrogens is 300 g/mol. The van der Waals surface area contributed by atoms with Gasteiger partial charge in [0.05, 0.1) is 12.5 Å². The highest BCUT2D eigenvalue weighted by Gasteiger charge is 2.32. The van der Waals surface area contributed by atoms with Gasteiger partial charge in [-0.15, -0.1) is 0 Å². The highest BCUT2D eigenvalue weighted by Crippen LogP contribution is 2.19. The Hall–Kier alpha value is -1.19. The Balaban J connectivity index is 2.50. The number of carbonyl (C=O) groups excluding carboxylic acids is 1. The maximum atomic E-state index is 12.1. The SMILES string of the molecule is CCOC(=O)C1CCCN(S(=O)(=O)NCCCC(=O)O)C1. The summed E-state index contributed by atoms with van der Waals surface area (Å²) >= 11 is 0. The molecule has 0 aromatic heterocycles. The third-order valence-electron chi connectivity index (χ3n) is 3.20. The molecule has 8 nitrogen and oxygen atoms in total. The Labute approximate surface area is 124 Å². The molecule has 0 bridgehead atoms. The molecule has 1 heterocycles. The van der Waals surface area contributed by atoms with Crippen molar-refractivity contribution in [2.45, 2.75) is 32.6 Å². The largest absolute Gasteiger partial charge is 0.481 e. The van der Waals surface area contributed by atoms with Crippen LogP contribution in [0.2, 0.25) is 0 Å². The molecule has 1 rings (SSSR count). The van der Waals surface area contributed by atoms with Gasteiger partial charge in [-0.3, -0.25) is 9.59 Å². The van der Waals surface area contributed by atoms with Gasteiger partial charge in [-0.05, 0) is 26.2 Å². The van der Waals surface area contributed by atoms with Crippen molar-refractivity contribution in [1.29, 1.82) is 0 Å². The molecule has 9 heteroatoms. The number of carboxylic acids is 1. The third kappa shape index (κ3) is 5.98. The van der Waals surface area contributed by atoms with Gasteiger partial charge in [-0.2, -0.15) is 12.7 Å². The minimum Gasteiger partial charge on any atom is -0.481 e. The first-order chi connectivity index (χ1) is 9.86. The molecule has 1 fully saturated rings. The average Bonchev–Trinajstić information content (AvgIpc) is 2.44. The molecule has 1 unspecified atom stereocenters. The molecule has 122 valence electrons. The van der Waals surface area contributed by atoms with Gasteiger partial charge in [-0.25, -0.2) is 4.72 Å². The summed E-state index contributed by atoms with van der Waals surface area (Å²) in [4.78, 5) is 22.0. The Morgan fingerprint density at radius 2 is 2.14 bits per heavy atom. The number of hydrogen-bond donors (Lipinski definition) is 2. The number of nitrogens with one attached hydrogen (secondary N) is 1. The lowest BCUT2D eigenvalue weighted by molar-refractivity contribution is -0.149. The van der Waals surface area contributed by atoms with Crippen molar-refractivity contribution in [3.63, 3.8) is 0 Å². The number of carbonyl (C=O) groups is 2. The van der Waals surface area contributed by atoms with E-state index in [1.54, 1.807) is 6.92 Å². The molecule has 0 radical (unpaired) electrons. The zero-order chi connectivity index (χ0) is 15.9. The molecule has 1 aliphatic heterocycles. The summed E-state index contributed by atoms with van der Waals surface area (Å²) in [5.74, 6) is -1.77. The molecule has 0 aliphatic carbocycles. The molecule has 21 heavy (non-hydrogen) atoms. The molecule has 0 amide bonds. The number of ether oxygens (including phenoxy) is 1. The van der Waals surface area contributed by atoms with Gasteiger partial charge in [0.25, 0.3) is 10.2 Å². The van der Waals surface area contributed by atoms with Crippen molar-refractivity contribution in [2.24, 2.45) is 5.92 Å². The minimum atomic E-state index is -3.68. The van der Waals surface area contributed by atoms with Crippen LogP contribution in [0.3, 0.4) is 0 Å². The molecule has 2 N–H and O–H groups in total. The van der Waals surface area contributed by atoms with Crippen molar-refractivity contribution in [2.75, 3.05) is 26.2 Å². The molecule has 1 saturated heterocycles. The fourth-order valence-electron chi connectivity index (χ4n) is 2.15. The molecule has 0 aromatic carbocycles. The Kier molecular flexibility index (Phi) is 7.06. The second-order valence-corrected chi connectivity index (χ2v) is 6.60. The maximum Gasteiger partial charge on any atom is 0.310 e. The van der Waals surface area contributed by atoms with E-state index >= 15 is 0 Å². The predicted molar refractivity (Wildman–Crippen MR) is 74.7 cm³/mol. The normalized spacial score (nSPS) is 20.1. The Bertz CT molecular complexity index is 464. The lowest BCUT2D eigenvalue weighted by Crippen LogP contribution is -2.47. The van der Waals surface area contributed by atoms with E-state index in [1.807, 2.05) is 0 Å². The first kappa shape index (κ1) is 17.9. The number of aliphatic carboxylic acids is 1. The maximum absolute atomic E-state index is 12.1. The fraction of sp³-hybridized carbons (Fsp3) is 0.833. The number of rotatable bonds is 8. The zero-order valence-electron chi connectivity index (χ0n) is 12.1. The minimum absolute atomic E-state index is 0.0647. The van der Waals surface area contributed by atoms with Crippen molar-refractivity contribution in [1.82, 2.24) is 9.03 Å². The number of piperidine rings is 1. The molecular formula is C12H22N2O6S. The summed E-state index contributed by atoms with van der Waals surface area (Å²) in [6.07, 6.45) is 1.35. The van der Waals surface area contributed by atoms with Crippen molar-refractivity contribution < 1.29 is 27.9 Å². The van der Waals surface area contributed by atoms with Crippen molar-refractivity contribution in [3.05, 3.63) is 0 Å². The van der Waals surface area contributed by atoms with Crippen LogP contribution >= 0.6 is 0 Å². The summed E-state index contributed by atoms with van der Waals surface area (Å²) in [6.45, 7) is 2.50. The average molecular weight is 322 g/mol. The molecule has 1 atom stereocenters. The van der Waals surface area contributed by atoms with Crippen LogP contribution in [0.1, 0.15) is 32.6 Å². The first-order valence-corrected chi connectivity index (χ1v) is 8.44. The van der Waals surface area contributed by atoms with E-state index in [1.165, 1.54) is 4.31 Å². The number of hydrogen-bond acceptors (Lipinski definition) is 5. The van der Waals surface area contributed by atoms with Gasteiger partial charge in [-0.1, -0.05) is 0 Å². The van der Waals surface area contributed by atoms with E-state index in [0.29, 0.717) is 19.4 Å². The van der Waals surface area contributed by atoms with Crippen LogP contribution in [0.5, 0.6) is 0 Å². The van der Waals surface area contributed by atoms with Crippen LogP contribution in [0.25, 0.3) is 0 Å². The van der Waals surface area contributed by atoms with E-state index in [4.69, 9.17) is 9.84 Å². The van der Waals surface area contributed by atoms with Gasteiger partial charge in [0.1, 0.15) is 0 Å². The predicted octanol–water partition coefficient (Wildman–Crippen LogP) is -0.0393. The number of nitrogens with zero attached hydrogens (tertiary/aromatic N) is 1. The topological polar surface area (TPSA) is 113 Å². The van der Waals surface area contributed by atoms with Gasteiger partial charge in [0.15, 0.2) is 0 Å². The van der Waals surface area contributed by atoms with E-state index in [2.05, 4.69) is 4.72 Å². The van der Waals surface area contributed by atoms with E-state index in [-0.39, 0.29) is 38.5 Å². The van der Waals surface area contributed by atoms with Crippen molar-refractivity contribution >= 4 is 22.1 Å². The van der Waals surface area contributed by atoms with Crippen LogP contribution in [0, 0.1) is 5.92 Å². The van der Waals surface area contributed by atoms with Crippen LogP contribution in [-0.4, -0.2) is 56.0 Å². The Morgan fingerprint density at radius 1 is 1.43 bits per heavy atom. The first-order valence-electron chi connectivity index (χ1n) is 7.00. The summed E-state index contributed by atoms with van der Waals surface area (Å²) in [6, 6.07) is 0. The standard InChI is InChI=1S/C12H22N2O6S/c1-2-20-12(17)10-5-4-8-14(9-10)21(18,19)13-7-3-6-11(15)16/h10,13H,2-9H2,1H3,(H,15,16). The monoisotopic (exact) mass is 322 g/mol. The van der Waals surface area contributed by atoms with Gasteiger partial charge >= 0.3 is 11.9 Å². The van der Waals surface area contributed by atoms with Crippen LogP contribution < -0.4 is 4.72 Å². The summed E-state index contributed by atoms with van der Waals surface area (Å²) in [5.41, 5.74) is 0. The Morgan fingerprint density at radius 3 is 2.76 bits per heavy atom. The molecule has 0 aromatic rings. The third-order valence-corrected chi connectivity index (χ3v) is 4.78. The van der Waals surface area contributed by atoms with Crippen LogP contribution in [-0.2, 0) is 24.5 Å². The second kappa shape index (κ2) is 8.30. The fourth-order valence-corrected chi connectivity index (χ4v) is 3.48. The van der Waals surface area contributed by atoms with Crippen molar-refractivity contribution in [3.8, 4) is 0 Å². The molecule has 1 aliphatic rings. The smallest absolute Gasteiger partial charge is 0.310 e. The zero-order valence-corrected chi connectivity index (χ0v) is 12.9. The quantitative estimate of drug-likeness (QED) is 0.479. The van der Waals surface area contributed by atoms with Crippen LogP contribution in [0.15, 0.2) is 0 Å². The number of carboxylic acid groups (broad SMARTS) is 1. The van der Waals surface area contributed by atoms with Crippen LogP contribution in [0.4, 0.5) is 0 Å². The van der Waals surface area contributed by atoms with Gasteiger partial charge in [0.2, 0.25) is 0 Å². The summed E-state index contributed by atoms with van der Waals surface area (Å²) in [7, 11) is -3.68. The van der Waals surface area contributed by atoms with Gasteiger partial charge < -0.3 is 9.84 Å². The highest BCUT2D eigenvalue weighted by atomic mass is 32.2. The number of esters is 1. The van der Waals surface area contributed by atoms with E-state index in [0.717, 1.165) is 0 Å². The lowest BCUT2D eigenvalue weighted by Gasteiger charge is -2.30. The van der Waals surface area contributed by atoms with Gasteiger partial charge in [0, 0.05) is 26.1 Å². The highest BCUT2D eigenvalue weighted by molar-refractivity contribution is 7.87. The van der Waals surface area contributed by atoms with E-state index in [9.17, 15) is 18.0 Å².